The molecule has 7 heteroatoms. The van der Waals surface area contributed by atoms with Crippen LogP contribution in [-0.2, 0) is 18.4 Å². The lowest BCUT2D eigenvalue weighted by Gasteiger charge is -2.32. The summed E-state index contributed by atoms with van der Waals surface area (Å²) >= 11 is 0. The number of carbonyl (C=O) groups excluding carboxylic acids is 1. The first-order chi connectivity index (χ1) is 12.6. The van der Waals surface area contributed by atoms with Gasteiger partial charge in [0, 0.05) is 20.1 Å². The lowest BCUT2D eigenvalue weighted by atomic mass is 9.89. The van der Waals surface area contributed by atoms with Gasteiger partial charge in [-0.25, -0.2) is 4.98 Å². The predicted molar refractivity (Wildman–Crippen MR) is 97.8 cm³/mol. The SMILES string of the molecule is Cn1ncc2c(=O)n(CC(=O)N3CCC(c4ccccc4)CC3)cnc21. The van der Waals surface area contributed by atoms with Gasteiger partial charge in [-0.1, -0.05) is 30.3 Å². The Bertz CT molecular complexity index is 984. The second kappa shape index (κ2) is 6.74. The molecule has 1 aliphatic rings. The van der Waals surface area contributed by atoms with Crippen LogP contribution in [0.25, 0.3) is 11.0 Å². The fourth-order valence-corrected chi connectivity index (χ4v) is 3.61. The number of carbonyl (C=O) groups is 1. The van der Waals surface area contributed by atoms with Gasteiger partial charge in [0.15, 0.2) is 5.65 Å². The number of piperidine rings is 1. The molecule has 0 radical (unpaired) electrons. The topological polar surface area (TPSA) is 73.0 Å². The summed E-state index contributed by atoms with van der Waals surface area (Å²) in [6.07, 6.45) is 4.83. The summed E-state index contributed by atoms with van der Waals surface area (Å²) in [7, 11) is 1.74. The molecule has 1 amide bonds. The van der Waals surface area contributed by atoms with E-state index >= 15 is 0 Å². The Morgan fingerprint density at radius 1 is 1.19 bits per heavy atom. The van der Waals surface area contributed by atoms with E-state index in [9.17, 15) is 9.59 Å². The van der Waals surface area contributed by atoms with Crippen molar-refractivity contribution in [2.24, 2.45) is 7.05 Å². The number of benzene rings is 1. The molecule has 0 aliphatic carbocycles. The Kier molecular flexibility index (Phi) is 4.28. The van der Waals surface area contributed by atoms with Crippen LogP contribution in [0.5, 0.6) is 0 Å². The van der Waals surface area contributed by atoms with E-state index < -0.39 is 0 Å². The first kappa shape index (κ1) is 16.5. The lowest BCUT2D eigenvalue weighted by molar-refractivity contribution is -0.132. The molecule has 1 aromatic carbocycles. The molecule has 1 fully saturated rings. The van der Waals surface area contributed by atoms with Crippen LogP contribution in [0.3, 0.4) is 0 Å². The maximum Gasteiger partial charge on any atom is 0.264 e. The van der Waals surface area contributed by atoms with Gasteiger partial charge in [-0.3, -0.25) is 18.8 Å². The number of fused-ring (bicyclic) bond motifs is 1. The third-order valence-corrected chi connectivity index (χ3v) is 5.14. The summed E-state index contributed by atoms with van der Waals surface area (Å²) in [5, 5.41) is 4.49. The highest BCUT2D eigenvalue weighted by Crippen LogP contribution is 2.27. The van der Waals surface area contributed by atoms with Gasteiger partial charge in [0.05, 0.1) is 6.20 Å². The molecule has 3 heterocycles. The van der Waals surface area contributed by atoms with Crippen molar-refractivity contribution in [2.45, 2.75) is 25.3 Å². The van der Waals surface area contributed by atoms with Crippen molar-refractivity contribution in [2.75, 3.05) is 13.1 Å². The van der Waals surface area contributed by atoms with E-state index in [1.165, 1.54) is 22.7 Å². The van der Waals surface area contributed by atoms with E-state index in [4.69, 9.17) is 0 Å². The lowest BCUT2D eigenvalue weighted by Crippen LogP contribution is -2.41. The minimum Gasteiger partial charge on any atom is -0.341 e. The fourth-order valence-electron chi connectivity index (χ4n) is 3.61. The molecule has 0 bridgehead atoms. The van der Waals surface area contributed by atoms with Crippen molar-refractivity contribution in [3.63, 3.8) is 0 Å². The first-order valence-electron chi connectivity index (χ1n) is 8.83. The fraction of sp³-hybridized carbons (Fsp3) is 0.368. The van der Waals surface area contributed by atoms with Gasteiger partial charge in [-0.2, -0.15) is 5.10 Å². The van der Waals surface area contributed by atoms with E-state index in [0.29, 0.717) is 17.0 Å². The van der Waals surface area contributed by atoms with E-state index in [1.54, 1.807) is 11.7 Å². The highest BCUT2D eigenvalue weighted by molar-refractivity contribution is 5.77. The summed E-state index contributed by atoms with van der Waals surface area (Å²) in [5.74, 6) is 0.458. The van der Waals surface area contributed by atoms with Gasteiger partial charge in [-0.15, -0.1) is 0 Å². The predicted octanol–water partition coefficient (Wildman–Crippen LogP) is 1.54. The van der Waals surface area contributed by atoms with Crippen LogP contribution in [0.15, 0.2) is 47.7 Å². The number of nitrogens with zero attached hydrogens (tertiary/aromatic N) is 5. The maximum atomic E-state index is 12.6. The Morgan fingerprint density at radius 2 is 1.92 bits per heavy atom. The van der Waals surface area contributed by atoms with Crippen LogP contribution in [0.1, 0.15) is 24.3 Å². The number of rotatable bonds is 3. The Balaban J connectivity index is 1.43. The monoisotopic (exact) mass is 351 g/mol. The average molecular weight is 351 g/mol. The maximum absolute atomic E-state index is 12.6. The number of hydrogen-bond donors (Lipinski definition) is 0. The first-order valence-corrected chi connectivity index (χ1v) is 8.83. The number of amides is 1. The van der Waals surface area contributed by atoms with Gasteiger partial charge in [0.2, 0.25) is 5.91 Å². The zero-order valence-corrected chi connectivity index (χ0v) is 14.7. The molecule has 0 N–H and O–H groups in total. The van der Waals surface area contributed by atoms with Crippen molar-refractivity contribution < 1.29 is 4.79 Å². The van der Waals surface area contributed by atoms with E-state index in [-0.39, 0.29) is 18.0 Å². The van der Waals surface area contributed by atoms with Crippen LogP contribution in [-0.4, -0.2) is 43.2 Å². The zero-order valence-electron chi connectivity index (χ0n) is 14.7. The summed E-state index contributed by atoms with van der Waals surface area (Å²) in [6.45, 7) is 1.46. The molecule has 1 aliphatic heterocycles. The quantitative estimate of drug-likeness (QED) is 0.717. The second-order valence-corrected chi connectivity index (χ2v) is 6.75. The molecule has 26 heavy (non-hydrogen) atoms. The molecule has 0 spiro atoms. The molecule has 0 unspecified atom stereocenters. The Labute approximate surface area is 150 Å². The normalized spacial score (nSPS) is 15.5. The Morgan fingerprint density at radius 3 is 2.65 bits per heavy atom. The summed E-state index contributed by atoms with van der Waals surface area (Å²) in [4.78, 5) is 31.2. The molecule has 4 rings (SSSR count). The molecular weight excluding hydrogens is 330 g/mol. The average Bonchev–Trinajstić information content (AvgIpc) is 3.06. The van der Waals surface area contributed by atoms with Crippen LogP contribution in [0.2, 0.25) is 0 Å². The largest absolute Gasteiger partial charge is 0.341 e. The van der Waals surface area contributed by atoms with Crippen molar-refractivity contribution in [3.05, 3.63) is 58.8 Å². The molecular formula is C19H21N5O2. The van der Waals surface area contributed by atoms with E-state index in [2.05, 4.69) is 34.3 Å². The third kappa shape index (κ3) is 3.00. The molecule has 2 aromatic heterocycles. The van der Waals surface area contributed by atoms with E-state index in [1.807, 2.05) is 11.0 Å². The van der Waals surface area contributed by atoms with Gasteiger partial charge in [0.1, 0.15) is 18.3 Å². The summed E-state index contributed by atoms with van der Waals surface area (Å²) in [6, 6.07) is 10.4. The van der Waals surface area contributed by atoms with Crippen molar-refractivity contribution in [1.29, 1.82) is 0 Å². The van der Waals surface area contributed by atoms with Crippen molar-refractivity contribution in [1.82, 2.24) is 24.2 Å². The van der Waals surface area contributed by atoms with E-state index in [0.717, 1.165) is 25.9 Å². The number of aryl methyl sites for hydroxylation is 1. The molecule has 3 aromatic rings. The molecule has 1 saturated heterocycles. The molecule has 134 valence electrons. The van der Waals surface area contributed by atoms with Crippen molar-refractivity contribution >= 4 is 16.9 Å². The minimum atomic E-state index is -0.226. The van der Waals surface area contributed by atoms with Gasteiger partial charge >= 0.3 is 0 Å². The minimum absolute atomic E-state index is 0.0205. The second-order valence-electron chi connectivity index (χ2n) is 6.75. The van der Waals surface area contributed by atoms with Crippen LogP contribution >= 0.6 is 0 Å². The molecule has 0 saturated carbocycles. The van der Waals surface area contributed by atoms with Crippen LogP contribution in [0, 0.1) is 0 Å². The number of hydrogen-bond acceptors (Lipinski definition) is 4. The number of likely N-dealkylation sites (tertiary alicyclic amines) is 1. The summed E-state index contributed by atoms with van der Waals surface area (Å²) < 4.78 is 2.92. The zero-order chi connectivity index (χ0) is 18.1. The van der Waals surface area contributed by atoms with Gasteiger partial charge in [-0.05, 0) is 24.3 Å². The standard InChI is InChI=1S/C19H21N5O2/c1-22-18-16(11-21-22)19(26)24(13-20-18)12-17(25)23-9-7-15(8-10-23)14-5-3-2-4-6-14/h2-6,11,13,15H,7-10,12H2,1H3. The number of aromatic nitrogens is 4. The van der Waals surface area contributed by atoms with Crippen LogP contribution in [0.4, 0.5) is 0 Å². The van der Waals surface area contributed by atoms with Crippen LogP contribution < -0.4 is 5.56 Å². The van der Waals surface area contributed by atoms with Crippen molar-refractivity contribution in [3.8, 4) is 0 Å². The highest BCUT2D eigenvalue weighted by Gasteiger charge is 2.24. The van der Waals surface area contributed by atoms with Gasteiger partial charge in [0.25, 0.3) is 5.56 Å². The third-order valence-electron chi connectivity index (χ3n) is 5.14. The van der Waals surface area contributed by atoms with Gasteiger partial charge < -0.3 is 4.90 Å². The smallest absolute Gasteiger partial charge is 0.264 e. The molecule has 7 nitrogen and oxygen atoms in total. The Hall–Kier alpha value is -2.96. The highest BCUT2D eigenvalue weighted by atomic mass is 16.2. The summed E-state index contributed by atoms with van der Waals surface area (Å²) in [5.41, 5.74) is 1.64. The molecule has 0 atom stereocenters.